The van der Waals surface area contributed by atoms with Crippen LogP contribution in [-0.2, 0) is 0 Å². The predicted octanol–water partition coefficient (Wildman–Crippen LogP) is 1.91. The van der Waals surface area contributed by atoms with Gasteiger partial charge in [-0.1, -0.05) is 16.3 Å². The van der Waals surface area contributed by atoms with Crippen molar-refractivity contribution in [2.45, 2.75) is 0 Å². The van der Waals surface area contributed by atoms with Gasteiger partial charge in [0.2, 0.25) is 5.82 Å². The summed E-state index contributed by atoms with van der Waals surface area (Å²) in [6.07, 6.45) is 1.81. The van der Waals surface area contributed by atoms with E-state index in [1.54, 1.807) is 4.40 Å². The number of aromatic nitrogens is 3. The normalized spacial score (nSPS) is 11.0. The Kier molecular flexibility index (Phi) is 2.72. The van der Waals surface area contributed by atoms with Crippen molar-refractivity contribution in [1.29, 1.82) is 5.26 Å². The number of rotatable bonds is 1. The highest BCUT2D eigenvalue weighted by atomic mass is 32.1. The third kappa shape index (κ3) is 1.67. The molecule has 0 aliphatic carbocycles. The standard InChI is InChI=1S/C14H7N5OS2/c15-5-8-9(7-1-3-21-6-7)10-12(17-11(8)16)19-2-4-22-14(19)18-13(10)20/h1-4,6H,(H2,16,17,20)/p+1. The first-order chi connectivity index (χ1) is 10.7. The molecule has 0 amide bonds. The van der Waals surface area contributed by atoms with Crippen LogP contribution >= 0.6 is 22.7 Å². The van der Waals surface area contributed by atoms with Crippen molar-refractivity contribution in [2.75, 3.05) is 5.73 Å². The fraction of sp³-hybridized carbons (Fsp3) is 0. The minimum absolute atomic E-state index is 0.127. The molecule has 0 unspecified atom stereocenters. The van der Waals surface area contributed by atoms with Gasteiger partial charge >= 0.3 is 5.56 Å². The number of hydrogen-bond acceptors (Lipinski definition) is 6. The van der Waals surface area contributed by atoms with Gasteiger partial charge < -0.3 is 5.73 Å². The van der Waals surface area contributed by atoms with Crippen LogP contribution < -0.4 is 15.7 Å². The van der Waals surface area contributed by atoms with Gasteiger partial charge in [0.1, 0.15) is 17.0 Å². The highest BCUT2D eigenvalue weighted by Crippen LogP contribution is 2.32. The maximum absolute atomic E-state index is 12.5. The van der Waals surface area contributed by atoms with Crippen molar-refractivity contribution in [3.8, 4) is 17.2 Å². The molecule has 0 saturated carbocycles. The van der Waals surface area contributed by atoms with Crippen LogP contribution in [0.4, 0.5) is 5.82 Å². The number of nitriles is 1. The number of thiophene rings is 1. The van der Waals surface area contributed by atoms with Crippen LogP contribution in [-0.4, -0.2) is 9.97 Å². The molecule has 0 fully saturated rings. The average molecular weight is 326 g/mol. The second kappa shape index (κ2) is 4.62. The Morgan fingerprint density at radius 1 is 1.41 bits per heavy atom. The summed E-state index contributed by atoms with van der Waals surface area (Å²) in [5, 5.41) is 15.4. The summed E-state index contributed by atoms with van der Waals surface area (Å²) in [7, 11) is 0. The van der Waals surface area contributed by atoms with Gasteiger partial charge in [-0.3, -0.25) is 4.79 Å². The quantitative estimate of drug-likeness (QED) is 0.522. The van der Waals surface area contributed by atoms with E-state index in [4.69, 9.17) is 5.73 Å². The van der Waals surface area contributed by atoms with Crippen LogP contribution in [0.1, 0.15) is 5.56 Å². The second-order valence-electron chi connectivity index (χ2n) is 4.60. The number of nitrogens with one attached hydrogen (secondary N) is 1. The van der Waals surface area contributed by atoms with E-state index >= 15 is 0 Å². The first-order valence-electron chi connectivity index (χ1n) is 6.27. The van der Waals surface area contributed by atoms with Crippen LogP contribution in [0.25, 0.3) is 27.1 Å². The number of nitrogen functional groups attached to an aromatic ring is 1. The summed E-state index contributed by atoms with van der Waals surface area (Å²) < 4.78 is 1.77. The zero-order valence-corrected chi connectivity index (χ0v) is 12.7. The first kappa shape index (κ1) is 12.9. The first-order valence-corrected chi connectivity index (χ1v) is 8.10. The lowest BCUT2D eigenvalue weighted by Crippen LogP contribution is -2.28. The van der Waals surface area contributed by atoms with Crippen molar-refractivity contribution in [1.82, 2.24) is 9.97 Å². The van der Waals surface area contributed by atoms with Gasteiger partial charge in [0.15, 0.2) is 0 Å². The third-order valence-corrected chi connectivity index (χ3v) is 4.87. The number of thiazole rings is 1. The van der Waals surface area contributed by atoms with Crippen molar-refractivity contribution < 1.29 is 4.40 Å². The topological polar surface area (TPSA) is 99.7 Å². The highest BCUT2D eigenvalue weighted by Gasteiger charge is 2.24. The molecule has 106 valence electrons. The van der Waals surface area contributed by atoms with Crippen LogP contribution in [0.2, 0.25) is 0 Å². The van der Waals surface area contributed by atoms with E-state index in [2.05, 4.69) is 16.0 Å². The maximum atomic E-state index is 12.5. The molecule has 4 aromatic rings. The number of pyridine rings is 1. The number of hydrogen-bond donors (Lipinski definition) is 2. The Balaban J connectivity index is 2.34. The number of H-pyrrole nitrogens is 1. The molecule has 0 spiro atoms. The summed E-state index contributed by atoms with van der Waals surface area (Å²) in [4.78, 5) is 20.3. The fourth-order valence-electron chi connectivity index (χ4n) is 2.49. The molecule has 0 aliphatic heterocycles. The Bertz CT molecular complexity index is 1120. The lowest BCUT2D eigenvalue weighted by Gasteiger charge is -2.05. The van der Waals surface area contributed by atoms with E-state index in [9.17, 15) is 10.1 Å². The average Bonchev–Trinajstić information content (AvgIpc) is 3.17. The molecule has 0 radical (unpaired) electrons. The van der Waals surface area contributed by atoms with E-state index in [0.29, 0.717) is 21.6 Å². The van der Waals surface area contributed by atoms with Crippen molar-refractivity contribution >= 4 is 44.5 Å². The monoisotopic (exact) mass is 326 g/mol. The zero-order valence-electron chi connectivity index (χ0n) is 11.0. The summed E-state index contributed by atoms with van der Waals surface area (Å²) >= 11 is 2.89. The van der Waals surface area contributed by atoms with Gasteiger partial charge in [0, 0.05) is 10.9 Å². The fourth-order valence-corrected chi connectivity index (χ4v) is 3.86. The molecule has 0 saturated heterocycles. The van der Waals surface area contributed by atoms with Gasteiger partial charge in [-0.05, 0) is 22.4 Å². The minimum Gasteiger partial charge on any atom is -0.369 e. The van der Waals surface area contributed by atoms with Crippen molar-refractivity contribution in [3.63, 3.8) is 0 Å². The number of anilines is 1. The van der Waals surface area contributed by atoms with Crippen molar-refractivity contribution in [2.24, 2.45) is 0 Å². The Morgan fingerprint density at radius 3 is 3.00 bits per heavy atom. The van der Waals surface area contributed by atoms with E-state index < -0.39 is 0 Å². The van der Waals surface area contributed by atoms with E-state index in [1.807, 2.05) is 28.4 Å². The van der Waals surface area contributed by atoms with Gasteiger partial charge in [-0.25, -0.2) is 4.98 Å². The predicted molar refractivity (Wildman–Crippen MR) is 85.8 cm³/mol. The largest absolute Gasteiger partial charge is 0.369 e. The lowest BCUT2D eigenvalue weighted by atomic mass is 10.0. The molecule has 0 bridgehead atoms. The number of nitrogens with two attached hydrogens (primary N) is 1. The number of nitrogens with zero attached hydrogens (tertiary/aromatic N) is 3. The Labute approximate surface area is 131 Å². The minimum atomic E-state index is -0.275. The van der Waals surface area contributed by atoms with Gasteiger partial charge in [-0.2, -0.15) is 21.0 Å². The van der Waals surface area contributed by atoms with Crippen LogP contribution in [0.5, 0.6) is 0 Å². The zero-order chi connectivity index (χ0) is 15.3. The van der Waals surface area contributed by atoms with Gasteiger partial charge in [0.25, 0.3) is 10.6 Å². The van der Waals surface area contributed by atoms with E-state index in [-0.39, 0.29) is 16.9 Å². The molecule has 0 aromatic carbocycles. The molecule has 4 aromatic heterocycles. The molecule has 3 N–H and O–H groups in total. The smallest absolute Gasteiger partial charge is 0.319 e. The highest BCUT2D eigenvalue weighted by molar-refractivity contribution is 7.14. The molecule has 0 atom stereocenters. The SMILES string of the molecule is N#Cc1c(N)nc2c(c1-c1ccsc1)c(=O)[nH]c1scc[n+]12. The molecule has 22 heavy (non-hydrogen) atoms. The molecule has 8 heteroatoms. The summed E-state index contributed by atoms with van der Waals surface area (Å²) in [6.45, 7) is 0. The van der Waals surface area contributed by atoms with Gasteiger partial charge in [0.05, 0.1) is 6.20 Å². The lowest BCUT2D eigenvalue weighted by molar-refractivity contribution is -0.482. The van der Waals surface area contributed by atoms with Crippen LogP contribution in [0.15, 0.2) is 33.2 Å². The van der Waals surface area contributed by atoms with Crippen LogP contribution in [0, 0.1) is 11.3 Å². The Morgan fingerprint density at radius 2 is 2.27 bits per heavy atom. The third-order valence-electron chi connectivity index (χ3n) is 3.41. The van der Waals surface area contributed by atoms with E-state index in [1.165, 1.54) is 22.7 Å². The van der Waals surface area contributed by atoms with Crippen molar-refractivity contribution in [3.05, 3.63) is 44.3 Å². The molecule has 6 nitrogen and oxygen atoms in total. The van der Waals surface area contributed by atoms with Crippen LogP contribution in [0.3, 0.4) is 0 Å². The summed E-state index contributed by atoms with van der Waals surface area (Å²) in [6, 6.07) is 3.93. The molecule has 4 heterocycles. The molecular weight excluding hydrogens is 318 g/mol. The number of fused-ring (bicyclic) bond motifs is 3. The second-order valence-corrected chi connectivity index (χ2v) is 6.28. The Hall–Kier alpha value is -2.76. The summed E-state index contributed by atoms with van der Waals surface area (Å²) in [5.74, 6) is 0.127. The molecule has 4 rings (SSSR count). The van der Waals surface area contributed by atoms with Gasteiger partial charge in [-0.15, -0.1) is 0 Å². The number of aromatic amines is 1. The summed E-state index contributed by atoms with van der Waals surface area (Å²) in [5.41, 5.74) is 7.70. The van der Waals surface area contributed by atoms with E-state index in [0.717, 1.165) is 5.56 Å². The molecular formula is C14H8N5OS2+. The maximum Gasteiger partial charge on any atom is 0.319 e. The molecule has 0 aliphatic rings.